The molecular formula is C27H46O5. The van der Waals surface area contributed by atoms with Gasteiger partial charge in [-0.15, -0.1) is 0 Å². The van der Waals surface area contributed by atoms with Gasteiger partial charge in [0.05, 0.1) is 24.4 Å². The van der Waals surface area contributed by atoms with Crippen LogP contribution in [0.3, 0.4) is 0 Å². The molecule has 12 atom stereocenters. The molecule has 0 saturated heterocycles. The molecule has 3 unspecified atom stereocenters. The molecule has 4 aliphatic carbocycles. The van der Waals surface area contributed by atoms with Crippen molar-refractivity contribution in [3.05, 3.63) is 0 Å². The van der Waals surface area contributed by atoms with Crippen LogP contribution in [0.2, 0.25) is 0 Å². The maximum absolute atomic E-state index is 13.3. The van der Waals surface area contributed by atoms with E-state index in [1.165, 1.54) is 0 Å². The van der Waals surface area contributed by atoms with Gasteiger partial charge in [-0.1, -0.05) is 34.6 Å². The van der Waals surface area contributed by atoms with Crippen molar-refractivity contribution in [3.8, 4) is 0 Å². The number of carbonyl (C=O) groups is 1. The van der Waals surface area contributed by atoms with E-state index in [-0.39, 0.29) is 40.6 Å². The van der Waals surface area contributed by atoms with Crippen LogP contribution in [0, 0.1) is 52.3 Å². The fourth-order valence-corrected chi connectivity index (χ4v) is 9.21. The highest BCUT2D eigenvalue weighted by atomic mass is 16.3. The van der Waals surface area contributed by atoms with Crippen molar-refractivity contribution in [3.63, 3.8) is 0 Å². The van der Waals surface area contributed by atoms with Crippen molar-refractivity contribution in [2.24, 2.45) is 52.3 Å². The SMILES string of the molecule is CC(C)[C@H](O)[C@H](O)C[C@@H](C)[C@H]1[C@@H](O)CC2C3CC(=O)[C@H]4C[C@@H](O)CC[C@]4(C)C3CC[C@@]21C. The van der Waals surface area contributed by atoms with E-state index < -0.39 is 18.3 Å². The van der Waals surface area contributed by atoms with Crippen LogP contribution in [0.1, 0.15) is 86.0 Å². The molecule has 0 aromatic rings. The van der Waals surface area contributed by atoms with E-state index in [1.807, 2.05) is 13.8 Å². The van der Waals surface area contributed by atoms with Crippen molar-refractivity contribution in [2.45, 2.75) is 110 Å². The van der Waals surface area contributed by atoms with Crippen LogP contribution < -0.4 is 0 Å². The van der Waals surface area contributed by atoms with Crippen molar-refractivity contribution in [2.75, 3.05) is 0 Å². The minimum Gasteiger partial charge on any atom is -0.393 e. The topological polar surface area (TPSA) is 98.0 Å². The fraction of sp³-hybridized carbons (Fsp3) is 0.963. The summed E-state index contributed by atoms with van der Waals surface area (Å²) >= 11 is 0. The third-order valence-corrected chi connectivity index (χ3v) is 10.8. The van der Waals surface area contributed by atoms with Crippen LogP contribution in [0.15, 0.2) is 0 Å². The molecule has 4 saturated carbocycles. The minimum atomic E-state index is -0.777. The Morgan fingerprint density at radius 2 is 1.62 bits per heavy atom. The van der Waals surface area contributed by atoms with Gasteiger partial charge in [0.2, 0.25) is 0 Å². The lowest BCUT2D eigenvalue weighted by Gasteiger charge is -2.60. The third-order valence-electron chi connectivity index (χ3n) is 10.8. The molecule has 0 heterocycles. The van der Waals surface area contributed by atoms with E-state index in [1.54, 1.807) is 0 Å². The summed E-state index contributed by atoms with van der Waals surface area (Å²) in [5, 5.41) is 42.4. The van der Waals surface area contributed by atoms with E-state index in [2.05, 4.69) is 20.8 Å². The lowest BCUT2D eigenvalue weighted by atomic mass is 9.44. The second kappa shape index (κ2) is 8.62. The quantitative estimate of drug-likeness (QED) is 0.513. The fourth-order valence-electron chi connectivity index (χ4n) is 9.21. The van der Waals surface area contributed by atoms with Gasteiger partial charge in [-0.2, -0.15) is 0 Å². The number of aliphatic hydroxyl groups is 4. The number of fused-ring (bicyclic) bond motifs is 5. The summed E-state index contributed by atoms with van der Waals surface area (Å²) in [5.74, 6) is 1.64. The Bertz CT molecular complexity index is 708. The Hall–Kier alpha value is -0.490. The first kappa shape index (κ1) is 24.6. The van der Waals surface area contributed by atoms with E-state index in [0.717, 1.165) is 32.1 Å². The zero-order valence-corrected chi connectivity index (χ0v) is 20.7. The number of aliphatic hydroxyl groups excluding tert-OH is 4. The summed E-state index contributed by atoms with van der Waals surface area (Å²) < 4.78 is 0. The van der Waals surface area contributed by atoms with Gasteiger partial charge in [-0.3, -0.25) is 4.79 Å². The maximum atomic E-state index is 13.3. The van der Waals surface area contributed by atoms with Crippen LogP contribution >= 0.6 is 0 Å². The second-order valence-electron chi connectivity index (χ2n) is 12.9. The molecule has 5 nitrogen and oxygen atoms in total. The molecule has 32 heavy (non-hydrogen) atoms. The van der Waals surface area contributed by atoms with Crippen LogP contribution in [-0.2, 0) is 4.79 Å². The van der Waals surface area contributed by atoms with Crippen LogP contribution in [0.5, 0.6) is 0 Å². The Kier molecular flexibility index (Phi) is 6.64. The van der Waals surface area contributed by atoms with Gasteiger partial charge >= 0.3 is 0 Å². The zero-order chi connectivity index (χ0) is 23.6. The smallest absolute Gasteiger partial charge is 0.136 e. The Morgan fingerprint density at radius 1 is 0.969 bits per heavy atom. The summed E-state index contributed by atoms with van der Waals surface area (Å²) in [6, 6.07) is 0. The molecule has 4 rings (SSSR count). The molecule has 0 aliphatic heterocycles. The van der Waals surface area contributed by atoms with Gasteiger partial charge in [0, 0.05) is 12.3 Å². The third kappa shape index (κ3) is 3.79. The number of ketones is 1. The van der Waals surface area contributed by atoms with Crippen molar-refractivity contribution in [1.82, 2.24) is 0 Å². The van der Waals surface area contributed by atoms with Gasteiger partial charge in [0.1, 0.15) is 5.78 Å². The average Bonchev–Trinajstić information content (AvgIpc) is 2.99. The molecule has 0 radical (unpaired) electrons. The summed E-state index contributed by atoms with van der Waals surface area (Å²) in [7, 11) is 0. The Labute approximate surface area is 194 Å². The van der Waals surface area contributed by atoms with Gasteiger partial charge < -0.3 is 20.4 Å². The molecule has 184 valence electrons. The number of hydrogen-bond donors (Lipinski definition) is 4. The first-order valence-corrected chi connectivity index (χ1v) is 13.1. The molecule has 4 fully saturated rings. The molecular weight excluding hydrogens is 404 g/mol. The van der Waals surface area contributed by atoms with Crippen molar-refractivity contribution >= 4 is 5.78 Å². The molecule has 5 heteroatoms. The molecule has 0 aromatic carbocycles. The van der Waals surface area contributed by atoms with E-state index >= 15 is 0 Å². The first-order valence-electron chi connectivity index (χ1n) is 13.1. The van der Waals surface area contributed by atoms with E-state index in [9.17, 15) is 25.2 Å². The molecule has 4 N–H and O–H groups in total. The lowest BCUT2D eigenvalue weighted by Crippen LogP contribution is -2.57. The van der Waals surface area contributed by atoms with Crippen LogP contribution in [-0.4, -0.2) is 50.6 Å². The normalized spacial score (nSPS) is 49.2. The number of carbonyl (C=O) groups excluding carboxylic acids is 1. The highest BCUT2D eigenvalue weighted by Crippen LogP contribution is 2.67. The van der Waals surface area contributed by atoms with Gasteiger partial charge in [-0.05, 0) is 91.3 Å². The Balaban J connectivity index is 1.56. The summed E-state index contributed by atoms with van der Waals surface area (Å²) in [6.45, 7) is 10.6. The van der Waals surface area contributed by atoms with E-state index in [0.29, 0.717) is 42.8 Å². The van der Waals surface area contributed by atoms with Gasteiger partial charge in [-0.25, -0.2) is 0 Å². The molecule has 0 bridgehead atoms. The zero-order valence-electron chi connectivity index (χ0n) is 20.7. The number of rotatable bonds is 5. The maximum Gasteiger partial charge on any atom is 0.136 e. The molecule has 4 aliphatic rings. The van der Waals surface area contributed by atoms with Crippen LogP contribution in [0.4, 0.5) is 0 Å². The highest BCUT2D eigenvalue weighted by molar-refractivity contribution is 5.83. The van der Waals surface area contributed by atoms with E-state index in [4.69, 9.17) is 0 Å². The minimum absolute atomic E-state index is 0.000396. The monoisotopic (exact) mass is 450 g/mol. The summed E-state index contributed by atoms with van der Waals surface area (Å²) in [4.78, 5) is 13.3. The molecule has 0 aromatic heterocycles. The first-order chi connectivity index (χ1) is 14.9. The molecule has 0 amide bonds. The highest BCUT2D eigenvalue weighted by Gasteiger charge is 2.64. The standard InChI is InChI=1S/C27H46O5/c1-14(2)25(32)23(31)10-15(3)24-22(30)13-19-17-12-21(29)20-11-16(28)6-8-26(20,4)18(17)7-9-27(19,24)5/h14-20,22-25,28,30-32H,6-13H2,1-5H3/t15-,16+,17?,18?,19?,20-,22+,23-,24+,25+,26-,27+/m1/s1. The Morgan fingerprint density at radius 3 is 2.28 bits per heavy atom. The number of Topliss-reactive ketones (excluding diaryl/α,β-unsaturated/α-hetero) is 1. The summed E-state index contributed by atoms with van der Waals surface area (Å²) in [6.07, 6.45) is 4.03. The molecule has 0 spiro atoms. The van der Waals surface area contributed by atoms with Crippen molar-refractivity contribution in [1.29, 1.82) is 0 Å². The predicted octanol–water partition coefficient (Wildman–Crippen LogP) is 3.56. The lowest BCUT2D eigenvalue weighted by molar-refractivity contribution is -0.160. The van der Waals surface area contributed by atoms with Crippen molar-refractivity contribution < 1.29 is 25.2 Å². The average molecular weight is 451 g/mol. The summed E-state index contributed by atoms with van der Waals surface area (Å²) in [5.41, 5.74) is -0.0626. The number of hydrogen-bond acceptors (Lipinski definition) is 5. The van der Waals surface area contributed by atoms with Gasteiger partial charge in [0.25, 0.3) is 0 Å². The largest absolute Gasteiger partial charge is 0.393 e. The van der Waals surface area contributed by atoms with Crippen LogP contribution in [0.25, 0.3) is 0 Å². The van der Waals surface area contributed by atoms with Gasteiger partial charge in [0.15, 0.2) is 0 Å². The second-order valence-corrected chi connectivity index (χ2v) is 12.9. The predicted molar refractivity (Wildman–Crippen MR) is 124 cm³/mol.